The number of hydrogen-bond donors (Lipinski definition) is 1. The molecule has 3 aromatic rings. The number of aromatic nitrogens is 2. The van der Waals surface area contributed by atoms with Gasteiger partial charge in [0.25, 0.3) is 0 Å². The Morgan fingerprint density at radius 2 is 2.00 bits per heavy atom. The summed E-state index contributed by atoms with van der Waals surface area (Å²) in [6, 6.07) is 8.37. The molecule has 128 valence electrons. The number of rotatable bonds is 5. The lowest BCUT2D eigenvalue weighted by atomic mass is 10.0. The number of aromatic amines is 1. The minimum absolute atomic E-state index is 0.0537. The molecule has 0 saturated heterocycles. The molecule has 0 aliphatic rings. The van der Waals surface area contributed by atoms with Crippen LogP contribution in [-0.4, -0.2) is 35.9 Å². The van der Waals surface area contributed by atoms with Gasteiger partial charge in [0.05, 0.1) is 26.3 Å². The molecule has 0 radical (unpaired) electrons. The number of benzene rings is 1. The van der Waals surface area contributed by atoms with Gasteiger partial charge in [-0.1, -0.05) is 11.6 Å². The maximum atomic E-state index is 12.9. The number of esters is 1. The van der Waals surface area contributed by atoms with E-state index in [1.807, 2.05) is 0 Å². The van der Waals surface area contributed by atoms with Gasteiger partial charge in [-0.2, -0.15) is 0 Å². The highest BCUT2D eigenvalue weighted by Gasteiger charge is 2.22. The van der Waals surface area contributed by atoms with E-state index in [9.17, 15) is 9.59 Å². The topological polar surface area (TPSA) is 81.3 Å². The maximum Gasteiger partial charge on any atom is 0.310 e. The Kier molecular flexibility index (Phi) is 4.72. The molecule has 0 aliphatic heterocycles. The van der Waals surface area contributed by atoms with Gasteiger partial charge >= 0.3 is 5.97 Å². The maximum absolute atomic E-state index is 12.9. The highest BCUT2D eigenvalue weighted by molar-refractivity contribution is 6.31. The zero-order chi connectivity index (χ0) is 18.0. The van der Waals surface area contributed by atoms with Crippen molar-refractivity contribution in [3.05, 3.63) is 58.5 Å². The lowest BCUT2D eigenvalue weighted by Crippen LogP contribution is -2.11. The molecule has 2 heterocycles. The van der Waals surface area contributed by atoms with E-state index in [1.54, 1.807) is 30.3 Å². The number of ether oxygens (including phenoxy) is 2. The van der Waals surface area contributed by atoms with Crippen molar-refractivity contribution in [2.45, 2.75) is 6.42 Å². The zero-order valence-electron chi connectivity index (χ0n) is 13.6. The molecular weight excluding hydrogens is 344 g/mol. The molecule has 0 saturated carbocycles. The third-order valence-corrected chi connectivity index (χ3v) is 4.08. The summed E-state index contributed by atoms with van der Waals surface area (Å²) in [6.07, 6.45) is 1.44. The SMILES string of the molecule is COC(=O)Cc1c(C(=O)c2cc(OC)ccn2)[nH]c2ccc(Cl)cc12. The van der Waals surface area contributed by atoms with E-state index in [-0.39, 0.29) is 23.6 Å². The third-order valence-electron chi connectivity index (χ3n) is 3.84. The highest BCUT2D eigenvalue weighted by Crippen LogP contribution is 2.28. The average molecular weight is 359 g/mol. The second-order valence-corrected chi connectivity index (χ2v) is 5.77. The van der Waals surface area contributed by atoms with E-state index in [0.717, 1.165) is 0 Å². The van der Waals surface area contributed by atoms with E-state index in [2.05, 4.69) is 9.97 Å². The minimum Gasteiger partial charge on any atom is -0.497 e. The Labute approximate surface area is 148 Å². The van der Waals surface area contributed by atoms with Crippen LogP contribution in [0.2, 0.25) is 5.02 Å². The van der Waals surface area contributed by atoms with Crippen LogP contribution in [0.3, 0.4) is 0 Å². The van der Waals surface area contributed by atoms with Crippen LogP contribution >= 0.6 is 11.6 Å². The van der Waals surface area contributed by atoms with Crippen LogP contribution in [0, 0.1) is 0 Å². The van der Waals surface area contributed by atoms with Crippen molar-refractivity contribution in [2.75, 3.05) is 14.2 Å². The molecule has 0 fully saturated rings. The van der Waals surface area contributed by atoms with Crippen molar-refractivity contribution in [2.24, 2.45) is 0 Å². The number of hydrogen-bond acceptors (Lipinski definition) is 5. The molecule has 1 aromatic carbocycles. The van der Waals surface area contributed by atoms with Gasteiger partial charge in [0, 0.05) is 33.8 Å². The second-order valence-electron chi connectivity index (χ2n) is 5.33. The molecule has 1 N–H and O–H groups in total. The summed E-state index contributed by atoms with van der Waals surface area (Å²) in [5.74, 6) is -0.273. The van der Waals surface area contributed by atoms with Crippen LogP contribution in [0.5, 0.6) is 5.75 Å². The van der Waals surface area contributed by atoms with Crippen LogP contribution in [0.4, 0.5) is 0 Å². The molecule has 0 aliphatic carbocycles. The fraction of sp³-hybridized carbons (Fsp3) is 0.167. The van der Waals surface area contributed by atoms with Gasteiger partial charge in [-0.05, 0) is 24.3 Å². The van der Waals surface area contributed by atoms with Crippen LogP contribution in [0.15, 0.2) is 36.5 Å². The van der Waals surface area contributed by atoms with Crippen molar-refractivity contribution >= 4 is 34.3 Å². The average Bonchev–Trinajstić information content (AvgIpc) is 2.98. The predicted molar refractivity (Wildman–Crippen MR) is 93.3 cm³/mol. The van der Waals surface area contributed by atoms with Gasteiger partial charge in [0.15, 0.2) is 0 Å². The molecular formula is C18H15ClN2O4. The van der Waals surface area contributed by atoms with Crippen molar-refractivity contribution in [3.8, 4) is 5.75 Å². The van der Waals surface area contributed by atoms with Gasteiger partial charge in [-0.25, -0.2) is 0 Å². The largest absolute Gasteiger partial charge is 0.497 e. The number of halogens is 1. The molecule has 0 amide bonds. The summed E-state index contributed by atoms with van der Waals surface area (Å²) in [5.41, 5.74) is 1.72. The van der Waals surface area contributed by atoms with E-state index >= 15 is 0 Å². The van der Waals surface area contributed by atoms with Gasteiger partial charge in [0.2, 0.25) is 5.78 Å². The first kappa shape index (κ1) is 17.0. The van der Waals surface area contributed by atoms with Crippen molar-refractivity contribution in [1.29, 1.82) is 0 Å². The lowest BCUT2D eigenvalue weighted by molar-refractivity contribution is -0.139. The molecule has 0 unspecified atom stereocenters. The standard InChI is InChI=1S/C18H15ClN2O4/c1-24-11-5-6-20-15(8-11)18(23)17-13(9-16(22)25-2)12-7-10(19)3-4-14(12)21-17/h3-8,21H,9H2,1-2H3. The van der Waals surface area contributed by atoms with E-state index in [0.29, 0.717) is 27.2 Å². The number of carbonyl (C=O) groups is 2. The summed E-state index contributed by atoms with van der Waals surface area (Å²) in [7, 11) is 2.81. The second kappa shape index (κ2) is 6.94. The Bertz CT molecular complexity index is 965. The fourth-order valence-electron chi connectivity index (χ4n) is 2.60. The molecule has 2 aromatic heterocycles. The van der Waals surface area contributed by atoms with Crippen LogP contribution in [0.25, 0.3) is 10.9 Å². The summed E-state index contributed by atoms with van der Waals surface area (Å²) in [4.78, 5) is 31.9. The van der Waals surface area contributed by atoms with Crippen LogP contribution < -0.4 is 4.74 Å². The third kappa shape index (κ3) is 3.34. The van der Waals surface area contributed by atoms with E-state index < -0.39 is 5.97 Å². The Morgan fingerprint density at radius 1 is 1.20 bits per heavy atom. The number of methoxy groups -OCH3 is 2. The molecule has 0 atom stereocenters. The number of pyridine rings is 1. The molecule has 7 heteroatoms. The Morgan fingerprint density at radius 3 is 2.72 bits per heavy atom. The Hall–Kier alpha value is -2.86. The number of fused-ring (bicyclic) bond motifs is 1. The van der Waals surface area contributed by atoms with Crippen LogP contribution in [0.1, 0.15) is 21.7 Å². The first-order chi connectivity index (χ1) is 12.0. The summed E-state index contributed by atoms with van der Waals surface area (Å²) in [6.45, 7) is 0. The van der Waals surface area contributed by atoms with Crippen molar-refractivity contribution in [3.63, 3.8) is 0 Å². The monoisotopic (exact) mass is 358 g/mol. The van der Waals surface area contributed by atoms with E-state index in [1.165, 1.54) is 20.4 Å². The molecule has 6 nitrogen and oxygen atoms in total. The summed E-state index contributed by atoms with van der Waals surface area (Å²) < 4.78 is 9.88. The van der Waals surface area contributed by atoms with Gasteiger partial charge in [0.1, 0.15) is 11.4 Å². The van der Waals surface area contributed by atoms with Gasteiger partial charge in [-0.3, -0.25) is 14.6 Å². The molecule has 0 spiro atoms. The summed E-state index contributed by atoms with van der Waals surface area (Å²) in [5, 5.41) is 1.21. The molecule has 0 bridgehead atoms. The molecule has 3 rings (SSSR count). The van der Waals surface area contributed by atoms with E-state index in [4.69, 9.17) is 21.1 Å². The molecule has 25 heavy (non-hydrogen) atoms. The van der Waals surface area contributed by atoms with Crippen LogP contribution in [-0.2, 0) is 16.0 Å². The normalized spacial score (nSPS) is 10.7. The zero-order valence-corrected chi connectivity index (χ0v) is 14.4. The fourth-order valence-corrected chi connectivity index (χ4v) is 2.78. The number of H-pyrrole nitrogens is 1. The van der Waals surface area contributed by atoms with Gasteiger partial charge in [-0.15, -0.1) is 0 Å². The number of carbonyl (C=O) groups excluding carboxylic acids is 2. The first-order valence-electron chi connectivity index (χ1n) is 7.45. The number of ketones is 1. The highest BCUT2D eigenvalue weighted by atomic mass is 35.5. The Balaban J connectivity index is 2.14. The number of nitrogens with one attached hydrogen (secondary N) is 1. The minimum atomic E-state index is -0.450. The smallest absolute Gasteiger partial charge is 0.310 e. The van der Waals surface area contributed by atoms with Crippen molar-refractivity contribution < 1.29 is 19.1 Å². The predicted octanol–water partition coefficient (Wildman–Crippen LogP) is 3.17. The quantitative estimate of drug-likeness (QED) is 0.559. The summed E-state index contributed by atoms with van der Waals surface area (Å²) >= 11 is 6.06. The van der Waals surface area contributed by atoms with Crippen molar-refractivity contribution in [1.82, 2.24) is 9.97 Å². The number of nitrogens with zero attached hydrogens (tertiary/aromatic N) is 1. The lowest BCUT2D eigenvalue weighted by Gasteiger charge is -2.05. The first-order valence-corrected chi connectivity index (χ1v) is 7.83. The van der Waals surface area contributed by atoms with Gasteiger partial charge < -0.3 is 14.5 Å².